The van der Waals surface area contributed by atoms with Crippen LogP contribution in [-0.2, 0) is 26.2 Å². The third-order valence-electron chi connectivity index (χ3n) is 7.92. The number of carbonyl (C=O) groups excluding carboxylic acids is 1. The number of nitrogens with one attached hydrogen (secondary N) is 1. The Balaban J connectivity index is 1.17. The zero-order valence-electron chi connectivity index (χ0n) is 24.3. The molecule has 3 heterocycles. The monoisotopic (exact) mass is 648 g/mol. The van der Waals surface area contributed by atoms with Crippen molar-refractivity contribution in [3.8, 4) is 11.3 Å². The maximum absolute atomic E-state index is 13.6. The molecule has 1 saturated heterocycles. The molecule has 0 saturated carbocycles. The van der Waals surface area contributed by atoms with Crippen LogP contribution in [0, 0.1) is 11.7 Å². The van der Waals surface area contributed by atoms with Gasteiger partial charge in [-0.25, -0.2) is 14.4 Å². The van der Waals surface area contributed by atoms with Gasteiger partial charge < -0.3 is 19.6 Å². The maximum atomic E-state index is 13.6. The summed E-state index contributed by atoms with van der Waals surface area (Å²) in [5.41, 5.74) is 3.52. The van der Waals surface area contributed by atoms with E-state index in [9.17, 15) is 17.6 Å². The molecule has 2 aromatic heterocycles. The lowest BCUT2D eigenvalue weighted by Crippen LogP contribution is -2.31. The van der Waals surface area contributed by atoms with Crippen molar-refractivity contribution in [2.75, 3.05) is 29.9 Å². The van der Waals surface area contributed by atoms with E-state index in [1.54, 1.807) is 12.1 Å². The van der Waals surface area contributed by atoms with Crippen molar-refractivity contribution in [2.45, 2.75) is 24.3 Å². The molecule has 1 fully saturated rings. The summed E-state index contributed by atoms with van der Waals surface area (Å²) in [6, 6.07) is 19.3. The van der Waals surface area contributed by atoms with Gasteiger partial charge >= 0.3 is 6.47 Å². The number of carbonyl (C=O) groups is 1. The molecule has 0 atom stereocenters. The molecule has 45 heavy (non-hydrogen) atoms. The van der Waals surface area contributed by atoms with E-state index in [0.29, 0.717) is 21.9 Å². The van der Waals surface area contributed by atoms with E-state index in [4.69, 9.17) is 16.4 Å². The second-order valence-electron chi connectivity index (χ2n) is 11.0. The Morgan fingerprint density at radius 3 is 2.56 bits per heavy atom. The predicted molar refractivity (Wildman–Crippen MR) is 171 cm³/mol. The average Bonchev–Trinajstić information content (AvgIpc) is 3.44. The first kappa shape index (κ1) is 30.5. The van der Waals surface area contributed by atoms with Crippen LogP contribution >= 0.6 is 11.6 Å². The fourth-order valence-electron chi connectivity index (χ4n) is 5.47. The maximum Gasteiger partial charge on any atom is 0.322 e. The fraction of sp³-hybridized carbons (Fsp3) is 0.219. The highest BCUT2D eigenvalue weighted by atomic mass is 35.5. The molecule has 0 amide bonds. The molecule has 0 spiro atoms. The summed E-state index contributed by atoms with van der Waals surface area (Å²) in [6.45, 7) is 3.29. The van der Waals surface area contributed by atoms with Crippen LogP contribution in [0.25, 0.3) is 22.2 Å². The number of halogens is 2. The summed E-state index contributed by atoms with van der Waals surface area (Å²) < 4.78 is 42.7. The van der Waals surface area contributed by atoms with Crippen molar-refractivity contribution >= 4 is 56.2 Å². The van der Waals surface area contributed by atoms with Crippen LogP contribution in [0.1, 0.15) is 12.8 Å². The normalized spacial score (nSPS) is 14.4. The second kappa shape index (κ2) is 12.8. The van der Waals surface area contributed by atoms with Crippen molar-refractivity contribution in [1.82, 2.24) is 19.4 Å². The predicted octanol–water partition coefficient (Wildman–Crippen LogP) is 6.26. The minimum atomic E-state index is -4.40. The topological polar surface area (TPSA) is 110 Å². The Hall–Kier alpha value is -4.52. The number of nitrogens with zero attached hydrogens (tertiary/aromatic N) is 5. The first-order valence-corrected chi connectivity index (χ1v) is 16.1. The summed E-state index contributed by atoms with van der Waals surface area (Å²) in [6.07, 6.45) is 6.05. The molecule has 0 bridgehead atoms. The van der Waals surface area contributed by atoms with Gasteiger partial charge in [0.25, 0.3) is 10.0 Å². The standard InChI is InChI=1S/C32H30ClFN6O4S/c1-38-13-10-22(11-14-38)19-39-15-12-24-16-23(2-9-31(24)39)30-18-32(36-20-35-30)37-25-3-5-26(6-4-25)40(44-21-41)45(42,43)27-7-8-29(34)28(33)17-27/h2-9,12,15-18,20-22H,10-11,13-14,19H2,1H3,(H,35,36,37). The molecule has 0 radical (unpaired) electrons. The molecule has 0 unspecified atom stereocenters. The molecule has 0 aliphatic carbocycles. The first-order valence-electron chi connectivity index (χ1n) is 14.3. The molecular formula is C32H30ClFN6O4S. The second-order valence-corrected chi connectivity index (χ2v) is 13.1. The van der Waals surface area contributed by atoms with Gasteiger partial charge in [-0.1, -0.05) is 22.1 Å². The largest absolute Gasteiger partial charge is 0.347 e. The van der Waals surface area contributed by atoms with E-state index in [1.165, 1.54) is 36.8 Å². The van der Waals surface area contributed by atoms with Gasteiger partial charge in [-0.3, -0.25) is 4.79 Å². The van der Waals surface area contributed by atoms with Gasteiger partial charge in [0.15, 0.2) is 0 Å². The number of fused-ring (bicyclic) bond motifs is 1. The lowest BCUT2D eigenvalue weighted by atomic mass is 9.97. The Bertz CT molecular complexity index is 1950. The lowest BCUT2D eigenvalue weighted by Gasteiger charge is -2.29. The highest BCUT2D eigenvalue weighted by molar-refractivity contribution is 7.92. The molecular weight excluding hydrogens is 619 g/mol. The van der Waals surface area contributed by atoms with Gasteiger partial charge in [-0.15, -0.1) is 0 Å². The zero-order valence-corrected chi connectivity index (χ0v) is 25.9. The number of likely N-dealkylation sites (tertiary alicyclic amines) is 1. The van der Waals surface area contributed by atoms with Gasteiger partial charge in [0.2, 0.25) is 0 Å². The van der Waals surface area contributed by atoms with Crippen LogP contribution in [0.2, 0.25) is 5.02 Å². The smallest absolute Gasteiger partial charge is 0.322 e. The van der Waals surface area contributed by atoms with Gasteiger partial charge in [0.1, 0.15) is 18.0 Å². The van der Waals surface area contributed by atoms with Gasteiger partial charge in [-0.2, -0.15) is 8.42 Å². The Morgan fingerprint density at radius 1 is 1.04 bits per heavy atom. The van der Waals surface area contributed by atoms with E-state index in [0.717, 1.165) is 54.5 Å². The van der Waals surface area contributed by atoms with Crippen molar-refractivity contribution in [2.24, 2.45) is 5.92 Å². The number of rotatable bonds is 10. The molecule has 13 heteroatoms. The van der Waals surface area contributed by atoms with Crippen molar-refractivity contribution in [3.63, 3.8) is 0 Å². The lowest BCUT2D eigenvalue weighted by molar-refractivity contribution is -0.128. The Morgan fingerprint density at radius 2 is 1.82 bits per heavy atom. The third-order valence-corrected chi connectivity index (χ3v) is 9.80. The van der Waals surface area contributed by atoms with Crippen LogP contribution in [0.3, 0.4) is 0 Å². The third kappa shape index (κ3) is 6.63. The van der Waals surface area contributed by atoms with Crippen LogP contribution in [0.15, 0.2) is 90.2 Å². The van der Waals surface area contributed by atoms with Crippen molar-refractivity contribution < 1.29 is 22.4 Å². The number of anilines is 3. The van der Waals surface area contributed by atoms with E-state index in [1.807, 2.05) is 6.07 Å². The molecule has 6 rings (SSSR count). The van der Waals surface area contributed by atoms with E-state index < -0.39 is 15.8 Å². The number of sulfonamides is 1. The minimum absolute atomic E-state index is 0.0147. The quantitative estimate of drug-likeness (QED) is 0.140. The summed E-state index contributed by atoms with van der Waals surface area (Å²) >= 11 is 5.77. The van der Waals surface area contributed by atoms with Crippen molar-refractivity contribution in [1.29, 1.82) is 0 Å². The molecule has 1 N–H and O–H groups in total. The summed E-state index contributed by atoms with van der Waals surface area (Å²) in [5, 5.41) is 3.95. The van der Waals surface area contributed by atoms with Crippen LogP contribution in [0.5, 0.6) is 0 Å². The van der Waals surface area contributed by atoms with Crippen LogP contribution in [0.4, 0.5) is 21.6 Å². The highest BCUT2D eigenvalue weighted by Crippen LogP contribution is 2.30. The molecule has 1 aliphatic heterocycles. The van der Waals surface area contributed by atoms with Gasteiger partial charge in [-0.05, 0) is 99.6 Å². The molecule has 1 aliphatic rings. The van der Waals surface area contributed by atoms with E-state index in [-0.39, 0.29) is 22.1 Å². The van der Waals surface area contributed by atoms with Crippen molar-refractivity contribution in [3.05, 3.63) is 96.2 Å². The van der Waals surface area contributed by atoms with Crippen LogP contribution in [-0.4, -0.2) is 54.5 Å². The van der Waals surface area contributed by atoms with E-state index in [2.05, 4.69) is 62.3 Å². The average molecular weight is 649 g/mol. The molecule has 5 aromatic rings. The zero-order chi connectivity index (χ0) is 31.6. The number of piperidine rings is 1. The Labute approximate surface area is 265 Å². The van der Waals surface area contributed by atoms with Crippen LogP contribution < -0.4 is 9.79 Å². The fourth-order valence-corrected chi connectivity index (χ4v) is 6.96. The molecule has 232 valence electrons. The number of benzene rings is 3. The highest BCUT2D eigenvalue weighted by Gasteiger charge is 2.28. The van der Waals surface area contributed by atoms with E-state index >= 15 is 0 Å². The van der Waals surface area contributed by atoms with Gasteiger partial charge in [0.05, 0.1) is 21.3 Å². The molecule has 3 aromatic carbocycles. The summed E-state index contributed by atoms with van der Waals surface area (Å²) in [4.78, 5) is 26.8. The Kier molecular flexibility index (Phi) is 8.70. The number of aromatic nitrogens is 3. The summed E-state index contributed by atoms with van der Waals surface area (Å²) in [7, 11) is -2.22. The van der Waals surface area contributed by atoms with Gasteiger partial charge in [0, 0.05) is 41.0 Å². The minimum Gasteiger partial charge on any atom is -0.347 e. The summed E-state index contributed by atoms with van der Waals surface area (Å²) in [5.74, 6) is 0.432. The molecule has 10 nitrogen and oxygen atoms in total. The number of hydrogen-bond donors (Lipinski definition) is 1. The number of hydrogen-bond acceptors (Lipinski definition) is 8. The first-order chi connectivity index (χ1) is 21.7. The SMILES string of the molecule is CN1CCC(Cn2ccc3cc(-c4cc(Nc5ccc(N(OC=O)S(=O)(=O)c6ccc(F)c(Cl)c6)cc5)ncn4)ccc32)CC1.